The van der Waals surface area contributed by atoms with Gasteiger partial charge in [-0.1, -0.05) is 6.08 Å². The fourth-order valence-corrected chi connectivity index (χ4v) is 2.34. The van der Waals surface area contributed by atoms with Crippen molar-refractivity contribution in [3.8, 4) is 0 Å². The summed E-state index contributed by atoms with van der Waals surface area (Å²) in [5, 5.41) is 3.26. The van der Waals surface area contributed by atoms with Crippen LogP contribution in [0.15, 0.2) is 18.9 Å². The molecule has 16 heavy (non-hydrogen) atoms. The van der Waals surface area contributed by atoms with Gasteiger partial charge in [0.1, 0.15) is 0 Å². The molecular weight excluding hydrogens is 222 g/mol. The molecule has 0 aliphatic carbocycles. The molecule has 1 N–H and O–H groups in total. The fraction of sp³-hybridized carbons (Fsp3) is 0.545. The summed E-state index contributed by atoms with van der Waals surface area (Å²) in [6.07, 6.45) is 5.51. The Hall–Kier alpha value is -1.10. The summed E-state index contributed by atoms with van der Waals surface area (Å²) in [4.78, 5) is 4.38. The molecule has 2 atom stereocenters. The maximum Gasteiger partial charge on any atom is 0.203 e. The molecule has 1 aromatic rings. The highest BCUT2D eigenvalue weighted by Crippen LogP contribution is 2.10. The highest BCUT2D eigenvalue weighted by atomic mass is 32.2. The number of imidazole rings is 1. The lowest BCUT2D eigenvalue weighted by atomic mass is 10.4. The monoisotopic (exact) mass is 241 g/mol. The van der Waals surface area contributed by atoms with Crippen LogP contribution in [-0.4, -0.2) is 31.8 Å². The average Bonchev–Trinajstić information content (AvgIpc) is 2.45. The van der Waals surface area contributed by atoms with Crippen LogP contribution in [0.25, 0.3) is 0 Å². The predicted molar refractivity (Wildman–Crippen MR) is 69.2 cm³/mol. The molecule has 4 nitrogen and oxygen atoms in total. The molecule has 0 bridgehead atoms. The first kappa shape index (κ1) is 13.0. The summed E-state index contributed by atoms with van der Waals surface area (Å²) in [6, 6.07) is 0.149. The maximum atomic E-state index is 11.1. The van der Waals surface area contributed by atoms with E-state index < -0.39 is 10.8 Å². The van der Waals surface area contributed by atoms with Gasteiger partial charge in [-0.25, -0.2) is 4.98 Å². The Labute approximate surface area is 99.2 Å². The van der Waals surface area contributed by atoms with Crippen LogP contribution in [0, 0.1) is 6.92 Å². The van der Waals surface area contributed by atoms with Crippen molar-refractivity contribution in [2.75, 3.05) is 17.3 Å². The highest BCUT2D eigenvalue weighted by Gasteiger charge is 2.09. The Morgan fingerprint density at radius 2 is 2.44 bits per heavy atom. The van der Waals surface area contributed by atoms with Crippen LogP contribution in [0.1, 0.15) is 12.6 Å². The molecule has 1 aromatic heterocycles. The van der Waals surface area contributed by atoms with Gasteiger partial charge < -0.3 is 9.88 Å². The zero-order chi connectivity index (χ0) is 12.1. The minimum Gasteiger partial charge on any atom is -0.352 e. The van der Waals surface area contributed by atoms with E-state index in [2.05, 4.69) is 16.9 Å². The van der Waals surface area contributed by atoms with Gasteiger partial charge in [0, 0.05) is 41.6 Å². The van der Waals surface area contributed by atoms with Gasteiger partial charge in [-0.3, -0.25) is 4.21 Å². The van der Waals surface area contributed by atoms with E-state index in [1.165, 1.54) is 0 Å². The zero-order valence-corrected chi connectivity index (χ0v) is 10.9. The minimum absolute atomic E-state index is 0.149. The lowest BCUT2D eigenvalue weighted by molar-refractivity contribution is 0.682. The van der Waals surface area contributed by atoms with Crippen molar-refractivity contribution in [3.63, 3.8) is 0 Å². The minimum atomic E-state index is -0.793. The van der Waals surface area contributed by atoms with Gasteiger partial charge in [-0.05, 0) is 13.8 Å². The molecule has 0 aromatic carbocycles. The number of nitrogens with zero attached hydrogens (tertiary/aromatic N) is 2. The van der Waals surface area contributed by atoms with Gasteiger partial charge in [-0.2, -0.15) is 0 Å². The molecule has 0 spiro atoms. The Kier molecular flexibility index (Phi) is 4.73. The SMILES string of the molecule is C=CCn1cc(C)nc1NC(C)CS(C)=O. The van der Waals surface area contributed by atoms with Crippen molar-refractivity contribution >= 4 is 16.7 Å². The quantitative estimate of drug-likeness (QED) is 0.769. The second-order valence-corrected chi connectivity index (χ2v) is 5.41. The van der Waals surface area contributed by atoms with Gasteiger partial charge in [-0.15, -0.1) is 6.58 Å². The number of hydrogen-bond donors (Lipinski definition) is 1. The van der Waals surface area contributed by atoms with E-state index in [0.717, 1.165) is 18.2 Å². The van der Waals surface area contributed by atoms with E-state index in [0.29, 0.717) is 5.75 Å². The van der Waals surface area contributed by atoms with Crippen LogP contribution < -0.4 is 5.32 Å². The van der Waals surface area contributed by atoms with E-state index in [9.17, 15) is 4.21 Å². The lowest BCUT2D eigenvalue weighted by Gasteiger charge is -2.13. The topological polar surface area (TPSA) is 46.9 Å². The number of aryl methyl sites for hydroxylation is 1. The molecule has 0 aliphatic heterocycles. The number of nitrogens with one attached hydrogen (secondary N) is 1. The molecule has 5 heteroatoms. The van der Waals surface area contributed by atoms with Crippen LogP contribution in [0.4, 0.5) is 5.95 Å². The average molecular weight is 241 g/mol. The summed E-state index contributed by atoms with van der Waals surface area (Å²) in [7, 11) is -0.793. The smallest absolute Gasteiger partial charge is 0.203 e. The van der Waals surface area contributed by atoms with Crippen LogP contribution in [0.2, 0.25) is 0 Å². The lowest BCUT2D eigenvalue weighted by Crippen LogP contribution is -2.24. The molecule has 0 aliphatic rings. The Balaban J connectivity index is 2.71. The largest absolute Gasteiger partial charge is 0.352 e. The number of allylic oxidation sites excluding steroid dienone is 1. The van der Waals surface area contributed by atoms with E-state index in [1.54, 1.807) is 6.26 Å². The standard InChI is InChI=1S/C11H19N3OS/c1-5-6-14-7-9(2)12-11(14)13-10(3)8-16(4)15/h5,7,10H,1,6,8H2,2-4H3,(H,12,13). The van der Waals surface area contributed by atoms with Crippen LogP contribution in [0.5, 0.6) is 0 Å². The second-order valence-electron chi connectivity index (χ2n) is 3.93. The number of hydrogen-bond acceptors (Lipinski definition) is 3. The number of aromatic nitrogens is 2. The third kappa shape index (κ3) is 3.81. The molecule has 0 radical (unpaired) electrons. The summed E-state index contributed by atoms with van der Waals surface area (Å²) >= 11 is 0. The number of anilines is 1. The van der Waals surface area contributed by atoms with Crippen molar-refractivity contribution in [1.29, 1.82) is 0 Å². The van der Waals surface area contributed by atoms with E-state index >= 15 is 0 Å². The van der Waals surface area contributed by atoms with Gasteiger partial charge in [0.15, 0.2) is 0 Å². The molecule has 2 unspecified atom stereocenters. The highest BCUT2D eigenvalue weighted by molar-refractivity contribution is 7.84. The van der Waals surface area contributed by atoms with Crippen molar-refractivity contribution in [2.24, 2.45) is 0 Å². The summed E-state index contributed by atoms with van der Waals surface area (Å²) in [5.41, 5.74) is 0.967. The molecule has 90 valence electrons. The molecule has 0 fully saturated rings. The van der Waals surface area contributed by atoms with Crippen molar-refractivity contribution in [1.82, 2.24) is 9.55 Å². The summed E-state index contributed by atoms with van der Waals surface area (Å²) in [6.45, 7) is 8.39. The van der Waals surface area contributed by atoms with E-state index in [-0.39, 0.29) is 6.04 Å². The molecule has 0 amide bonds. The van der Waals surface area contributed by atoms with E-state index in [4.69, 9.17) is 0 Å². The second kappa shape index (κ2) is 5.84. The van der Waals surface area contributed by atoms with Crippen molar-refractivity contribution < 1.29 is 4.21 Å². The fourth-order valence-electron chi connectivity index (χ4n) is 1.55. The van der Waals surface area contributed by atoms with Crippen LogP contribution in [0.3, 0.4) is 0 Å². The number of rotatable bonds is 6. The molecule has 1 rings (SSSR count). The Morgan fingerprint density at radius 3 is 3.00 bits per heavy atom. The maximum absolute atomic E-state index is 11.1. The van der Waals surface area contributed by atoms with Gasteiger partial charge >= 0.3 is 0 Å². The van der Waals surface area contributed by atoms with Gasteiger partial charge in [0.05, 0.1) is 5.69 Å². The van der Waals surface area contributed by atoms with Crippen LogP contribution >= 0.6 is 0 Å². The third-order valence-corrected chi connectivity index (χ3v) is 3.05. The summed E-state index contributed by atoms with van der Waals surface area (Å²) < 4.78 is 13.1. The first-order valence-corrected chi connectivity index (χ1v) is 6.97. The van der Waals surface area contributed by atoms with Crippen molar-refractivity contribution in [3.05, 3.63) is 24.5 Å². The Morgan fingerprint density at radius 1 is 1.75 bits per heavy atom. The normalized spacial score (nSPS) is 14.4. The third-order valence-electron chi connectivity index (χ3n) is 2.08. The van der Waals surface area contributed by atoms with E-state index in [1.807, 2.05) is 30.7 Å². The molecule has 1 heterocycles. The zero-order valence-electron chi connectivity index (χ0n) is 10.1. The predicted octanol–water partition coefficient (Wildman–Crippen LogP) is 1.56. The first-order valence-electron chi connectivity index (χ1n) is 5.24. The van der Waals surface area contributed by atoms with Gasteiger partial charge in [0.25, 0.3) is 0 Å². The Bertz CT molecular complexity index is 387. The molecule has 0 saturated heterocycles. The van der Waals surface area contributed by atoms with Crippen LogP contribution in [-0.2, 0) is 17.3 Å². The summed E-state index contributed by atoms with van der Waals surface area (Å²) in [5.74, 6) is 1.44. The first-order chi connectivity index (χ1) is 7.52. The van der Waals surface area contributed by atoms with Gasteiger partial charge in [0.2, 0.25) is 5.95 Å². The molecule has 0 saturated carbocycles. The van der Waals surface area contributed by atoms with Crippen molar-refractivity contribution in [2.45, 2.75) is 26.4 Å². The molecular formula is C11H19N3OS.